The van der Waals surface area contributed by atoms with Crippen LogP contribution in [0.15, 0.2) is 0 Å². The Bertz CT molecular complexity index is 214. The second kappa shape index (κ2) is 4.89. The lowest BCUT2D eigenvalue weighted by molar-refractivity contribution is -0.158. The first-order chi connectivity index (χ1) is 5.20. The van der Waals surface area contributed by atoms with E-state index in [1.807, 2.05) is 0 Å². The van der Waals surface area contributed by atoms with E-state index >= 15 is 0 Å². The van der Waals surface area contributed by atoms with Gasteiger partial charge in [0, 0.05) is 11.8 Å². The first-order valence-corrected chi connectivity index (χ1v) is 2.47. The lowest BCUT2D eigenvalue weighted by Crippen LogP contribution is -2.09. The molecule has 0 aliphatic carbocycles. The summed E-state index contributed by atoms with van der Waals surface area (Å²) in [5.74, 6) is 1.49. The summed E-state index contributed by atoms with van der Waals surface area (Å²) < 4.78 is 8.30. The SMILES string of the molecule is C#CC(=O)OCOC(=O)C#C. The van der Waals surface area contributed by atoms with Crippen molar-refractivity contribution in [1.82, 2.24) is 0 Å². The van der Waals surface area contributed by atoms with Crippen LogP contribution in [0.5, 0.6) is 0 Å². The zero-order chi connectivity index (χ0) is 8.69. The van der Waals surface area contributed by atoms with Gasteiger partial charge >= 0.3 is 11.9 Å². The van der Waals surface area contributed by atoms with Crippen molar-refractivity contribution in [3.8, 4) is 24.7 Å². The largest absolute Gasteiger partial charge is 0.418 e. The maximum atomic E-state index is 10.2. The molecule has 0 fully saturated rings. The van der Waals surface area contributed by atoms with Crippen molar-refractivity contribution in [2.75, 3.05) is 6.79 Å². The highest BCUT2D eigenvalue weighted by Gasteiger charge is 1.98. The molecule has 0 unspecified atom stereocenters. The maximum absolute atomic E-state index is 10.2. The number of ether oxygens (including phenoxy) is 2. The molecule has 0 amide bonds. The van der Waals surface area contributed by atoms with Gasteiger partial charge in [0.25, 0.3) is 0 Å². The van der Waals surface area contributed by atoms with E-state index in [1.165, 1.54) is 0 Å². The number of rotatable bonds is 2. The van der Waals surface area contributed by atoms with E-state index in [1.54, 1.807) is 11.8 Å². The van der Waals surface area contributed by atoms with Crippen LogP contribution in [-0.2, 0) is 19.1 Å². The third kappa shape index (κ3) is 4.56. The number of terminal acetylenes is 2. The average molecular weight is 152 g/mol. The van der Waals surface area contributed by atoms with E-state index in [-0.39, 0.29) is 0 Å². The Labute approximate surface area is 63.5 Å². The molecular formula is C7H4O4. The molecule has 0 N–H and O–H groups in total. The minimum atomic E-state index is -0.908. The fraction of sp³-hybridized carbons (Fsp3) is 0.143. The first-order valence-electron chi connectivity index (χ1n) is 2.47. The van der Waals surface area contributed by atoms with E-state index in [0.29, 0.717) is 0 Å². The molecule has 0 rings (SSSR count). The molecule has 0 spiro atoms. The van der Waals surface area contributed by atoms with Crippen molar-refractivity contribution in [3.63, 3.8) is 0 Å². The van der Waals surface area contributed by atoms with Gasteiger partial charge in [-0.2, -0.15) is 0 Å². The summed E-state index contributed by atoms with van der Waals surface area (Å²) in [6, 6.07) is 0. The normalized spacial score (nSPS) is 7.09. The smallest absolute Gasteiger partial charge is 0.386 e. The fourth-order valence-corrected chi connectivity index (χ4v) is 0.220. The molecule has 0 saturated heterocycles. The molecule has 0 radical (unpaired) electrons. The highest BCUT2D eigenvalue weighted by atomic mass is 16.7. The van der Waals surface area contributed by atoms with E-state index in [4.69, 9.17) is 0 Å². The van der Waals surface area contributed by atoms with Crippen LogP contribution < -0.4 is 0 Å². The Morgan fingerprint density at radius 1 is 1.09 bits per heavy atom. The molecule has 0 heterocycles. The molecule has 0 aromatic rings. The van der Waals surface area contributed by atoms with Gasteiger partial charge in [-0.15, -0.1) is 12.8 Å². The molecule has 0 aromatic carbocycles. The zero-order valence-electron chi connectivity index (χ0n) is 5.49. The molecule has 0 aliphatic heterocycles. The van der Waals surface area contributed by atoms with Gasteiger partial charge in [-0.05, 0) is 0 Å². The van der Waals surface area contributed by atoms with Crippen molar-refractivity contribution < 1.29 is 19.1 Å². The van der Waals surface area contributed by atoms with Crippen molar-refractivity contribution >= 4 is 11.9 Å². The minimum absolute atomic E-state index is 0.550. The highest BCUT2D eigenvalue weighted by Crippen LogP contribution is 1.79. The number of hydrogen-bond acceptors (Lipinski definition) is 4. The van der Waals surface area contributed by atoms with Gasteiger partial charge < -0.3 is 9.47 Å². The predicted octanol–water partition coefficient (Wildman–Crippen LogP) is -0.703. The van der Waals surface area contributed by atoms with Crippen LogP contribution in [0, 0.1) is 24.7 Å². The summed E-state index contributed by atoms with van der Waals surface area (Å²) in [4.78, 5) is 20.4. The molecule has 0 atom stereocenters. The molecule has 0 aliphatic rings. The molecule has 0 bridgehead atoms. The number of esters is 2. The van der Waals surface area contributed by atoms with Crippen LogP contribution in [0.1, 0.15) is 0 Å². The Morgan fingerprint density at radius 2 is 1.45 bits per heavy atom. The van der Waals surface area contributed by atoms with Gasteiger partial charge in [-0.25, -0.2) is 9.59 Å². The first kappa shape index (κ1) is 9.06. The van der Waals surface area contributed by atoms with E-state index in [9.17, 15) is 9.59 Å². The number of carbonyl (C=O) groups is 2. The lowest BCUT2D eigenvalue weighted by Gasteiger charge is -1.98. The minimum Gasteiger partial charge on any atom is -0.418 e. The van der Waals surface area contributed by atoms with Crippen LogP contribution in [0.3, 0.4) is 0 Å². The fourth-order valence-electron chi connectivity index (χ4n) is 0.220. The summed E-state index contributed by atoms with van der Waals surface area (Å²) in [5, 5.41) is 0. The number of carbonyl (C=O) groups excluding carboxylic acids is 2. The summed E-state index contributed by atoms with van der Waals surface area (Å²) >= 11 is 0. The van der Waals surface area contributed by atoms with Gasteiger partial charge in [-0.1, -0.05) is 0 Å². The van der Waals surface area contributed by atoms with Crippen LogP contribution in [0.2, 0.25) is 0 Å². The van der Waals surface area contributed by atoms with Crippen molar-refractivity contribution in [2.45, 2.75) is 0 Å². The molecule has 4 nitrogen and oxygen atoms in total. The van der Waals surface area contributed by atoms with Gasteiger partial charge in [0.05, 0.1) is 0 Å². The Kier molecular flexibility index (Phi) is 4.03. The second-order valence-electron chi connectivity index (χ2n) is 1.27. The predicted molar refractivity (Wildman–Crippen MR) is 34.7 cm³/mol. The molecule has 4 heteroatoms. The van der Waals surface area contributed by atoms with Gasteiger partial charge in [-0.3, -0.25) is 0 Å². The Balaban J connectivity index is 3.46. The van der Waals surface area contributed by atoms with Gasteiger partial charge in [0.15, 0.2) is 0 Å². The molecular weight excluding hydrogens is 148 g/mol. The summed E-state index contributed by atoms with van der Waals surface area (Å²) in [7, 11) is 0. The van der Waals surface area contributed by atoms with Gasteiger partial charge in [0.1, 0.15) is 0 Å². The van der Waals surface area contributed by atoms with E-state index in [0.717, 1.165) is 0 Å². The molecule has 0 saturated carbocycles. The number of hydrogen-bond donors (Lipinski definition) is 0. The standard InChI is InChI=1S/C7H4O4/c1-3-6(8)10-5-11-7(9)4-2/h1-2H,5H2. The third-order valence-corrected chi connectivity index (χ3v) is 0.616. The Hall–Kier alpha value is -1.94. The van der Waals surface area contributed by atoms with Crippen molar-refractivity contribution in [3.05, 3.63) is 0 Å². The molecule has 0 aromatic heterocycles. The summed E-state index contributed by atoms with van der Waals surface area (Å²) in [6.45, 7) is -0.550. The summed E-state index contributed by atoms with van der Waals surface area (Å²) in [6.07, 6.45) is 9.23. The summed E-state index contributed by atoms with van der Waals surface area (Å²) in [5.41, 5.74) is 0. The topological polar surface area (TPSA) is 52.6 Å². The second-order valence-corrected chi connectivity index (χ2v) is 1.27. The van der Waals surface area contributed by atoms with Crippen LogP contribution >= 0.6 is 0 Å². The quantitative estimate of drug-likeness (QED) is 0.227. The highest BCUT2D eigenvalue weighted by molar-refractivity contribution is 5.88. The monoisotopic (exact) mass is 152 g/mol. The lowest BCUT2D eigenvalue weighted by atomic mass is 10.7. The van der Waals surface area contributed by atoms with Crippen LogP contribution in [-0.4, -0.2) is 18.7 Å². The maximum Gasteiger partial charge on any atom is 0.386 e. The third-order valence-electron chi connectivity index (χ3n) is 0.616. The average Bonchev–Trinajstić information content (AvgIpc) is 2.04. The van der Waals surface area contributed by atoms with Crippen molar-refractivity contribution in [1.29, 1.82) is 0 Å². The van der Waals surface area contributed by atoms with E-state index < -0.39 is 18.7 Å². The molecule has 11 heavy (non-hydrogen) atoms. The molecule has 56 valence electrons. The van der Waals surface area contributed by atoms with Gasteiger partial charge in [0.2, 0.25) is 6.79 Å². The van der Waals surface area contributed by atoms with E-state index in [2.05, 4.69) is 22.3 Å². The van der Waals surface area contributed by atoms with Crippen molar-refractivity contribution in [2.24, 2.45) is 0 Å². The zero-order valence-corrected chi connectivity index (χ0v) is 5.49. The van der Waals surface area contributed by atoms with Crippen LogP contribution in [0.4, 0.5) is 0 Å². The Morgan fingerprint density at radius 3 is 1.73 bits per heavy atom. The van der Waals surface area contributed by atoms with Crippen LogP contribution in [0.25, 0.3) is 0 Å².